The maximum Gasteiger partial charge on any atom is 0.214 e. The van der Waals surface area contributed by atoms with Crippen LogP contribution in [-0.4, -0.2) is 24.0 Å². The molecule has 0 aliphatic rings. The van der Waals surface area contributed by atoms with Crippen LogP contribution in [-0.2, 0) is 12.0 Å². The maximum absolute atomic E-state index is 4.67. The average Bonchev–Trinajstić information content (AvgIpc) is 3.16. The number of anilines is 1. The van der Waals surface area contributed by atoms with E-state index < -0.39 is 0 Å². The number of fused-ring (bicyclic) bond motifs is 2. The molecule has 0 bridgehead atoms. The Bertz CT molecular complexity index is 985. The van der Waals surface area contributed by atoms with Crippen LogP contribution in [0.5, 0.6) is 0 Å². The number of hydrogen-bond acceptors (Lipinski definition) is 5. The van der Waals surface area contributed by atoms with Gasteiger partial charge in [-0.1, -0.05) is 38.2 Å². The molecule has 0 saturated heterocycles. The SMILES string of the molecule is Cc1cccc2nc(CNc3nn4cc(C(C)(C)C)nc4s3)cn12. The Balaban J connectivity index is 1.53. The number of pyridine rings is 1. The summed E-state index contributed by atoms with van der Waals surface area (Å²) in [5.41, 5.74) is 4.23. The van der Waals surface area contributed by atoms with Crippen molar-refractivity contribution in [3.63, 3.8) is 0 Å². The molecule has 0 aromatic carbocycles. The predicted octanol–water partition coefficient (Wildman–Crippen LogP) is 3.66. The van der Waals surface area contributed by atoms with Crippen LogP contribution in [0.1, 0.15) is 37.9 Å². The lowest BCUT2D eigenvalue weighted by molar-refractivity contribution is 0.572. The van der Waals surface area contributed by atoms with Gasteiger partial charge in [-0.2, -0.15) is 0 Å². The van der Waals surface area contributed by atoms with Crippen molar-refractivity contribution in [3.8, 4) is 0 Å². The summed E-state index contributed by atoms with van der Waals surface area (Å²) in [5, 5.41) is 8.76. The van der Waals surface area contributed by atoms with Crippen LogP contribution < -0.4 is 5.32 Å². The van der Waals surface area contributed by atoms with Crippen molar-refractivity contribution >= 4 is 27.1 Å². The minimum atomic E-state index is 0.0371. The highest BCUT2D eigenvalue weighted by Crippen LogP contribution is 2.25. The second-order valence-electron chi connectivity index (χ2n) is 6.99. The number of aryl methyl sites for hydroxylation is 1. The second-order valence-corrected chi connectivity index (χ2v) is 7.95. The summed E-state index contributed by atoms with van der Waals surface area (Å²) in [5.74, 6) is 0. The summed E-state index contributed by atoms with van der Waals surface area (Å²) in [4.78, 5) is 10.2. The van der Waals surface area contributed by atoms with Crippen LogP contribution in [0.25, 0.3) is 10.6 Å². The molecule has 24 heavy (non-hydrogen) atoms. The van der Waals surface area contributed by atoms with Gasteiger partial charge >= 0.3 is 0 Å². The third-order valence-electron chi connectivity index (χ3n) is 3.98. The molecule has 0 atom stereocenters. The van der Waals surface area contributed by atoms with E-state index in [1.165, 1.54) is 5.69 Å². The standard InChI is InChI=1S/C17H20N6S/c1-11-6-5-7-14-19-12(9-22(11)14)8-18-15-21-23-10-13(17(2,3)4)20-16(23)24-15/h5-7,9-10H,8H2,1-4H3,(H,18,21). The Morgan fingerprint density at radius 1 is 1.17 bits per heavy atom. The number of hydrogen-bond donors (Lipinski definition) is 1. The Hall–Kier alpha value is -2.41. The van der Waals surface area contributed by atoms with Crippen molar-refractivity contribution in [3.05, 3.63) is 47.7 Å². The van der Waals surface area contributed by atoms with Gasteiger partial charge < -0.3 is 9.72 Å². The first-order chi connectivity index (χ1) is 11.4. The quantitative estimate of drug-likeness (QED) is 0.618. The molecule has 0 aliphatic carbocycles. The number of nitrogens with one attached hydrogen (secondary N) is 1. The van der Waals surface area contributed by atoms with Crippen LogP contribution in [0.3, 0.4) is 0 Å². The molecule has 4 rings (SSSR count). The van der Waals surface area contributed by atoms with Crippen LogP contribution in [0.15, 0.2) is 30.6 Å². The molecule has 6 nitrogen and oxygen atoms in total. The topological polar surface area (TPSA) is 59.5 Å². The summed E-state index contributed by atoms with van der Waals surface area (Å²) in [6.45, 7) is 9.19. The lowest BCUT2D eigenvalue weighted by Gasteiger charge is -2.13. The highest BCUT2D eigenvalue weighted by molar-refractivity contribution is 7.20. The van der Waals surface area contributed by atoms with Crippen molar-refractivity contribution in [1.82, 2.24) is 24.0 Å². The van der Waals surface area contributed by atoms with E-state index in [1.807, 2.05) is 22.8 Å². The lowest BCUT2D eigenvalue weighted by atomic mass is 9.93. The van der Waals surface area contributed by atoms with E-state index in [-0.39, 0.29) is 5.41 Å². The van der Waals surface area contributed by atoms with Gasteiger partial charge in [0.1, 0.15) is 5.65 Å². The molecule has 124 valence electrons. The Kier molecular flexibility index (Phi) is 3.35. The molecule has 0 amide bonds. The summed E-state index contributed by atoms with van der Waals surface area (Å²) in [6.07, 6.45) is 4.07. The van der Waals surface area contributed by atoms with Gasteiger partial charge in [-0.25, -0.2) is 14.5 Å². The Morgan fingerprint density at radius 3 is 2.71 bits per heavy atom. The van der Waals surface area contributed by atoms with Gasteiger partial charge in [0.05, 0.1) is 24.1 Å². The Labute approximate surface area is 144 Å². The monoisotopic (exact) mass is 340 g/mol. The summed E-state index contributed by atoms with van der Waals surface area (Å²) >= 11 is 1.56. The maximum atomic E-state index is 4.67. The molecule has 0 aliphatic heterocycles. The zero-order chi connectivity index (χ0) is 16.9. The summed E-state index contributed by atoms with van der Waals surface area (Å²) in [7, 11) is 0. The van der Waals surface area contributed by atoms with Gasteiger partial charge in [0, 0.05) is 17.3 Å². The van der Waals surface area contributed by atoms with E-state index >= 15 is 0 Å². The van der Waals surface area contributed by atoms with Crippen LogP contribution in [0.4, 0.5) is 5.13 Å². The van der Waals surface area contributed by atoms with Crippen LogP contribution >= 0.6 is 11.3 Å². The van der Waals surface area contributed by atoms with E-state index in [4.69, 9.17) is 0 Å². The van der Waals surface area contributed by atoms with Gasteiger partial charge in [0.25, 0.3) is 0 Å². The fourth-order valence-electron chi connectivity index (χ4n) is 2.58. The zero-order valence-corrected chi connectivity index (χ0v) is 15.1. The van der Waals surface area contributed by atoms with Crippen molar-refractivity contribution < 1.29 is 0 Å². The minimum absolute atomic E-state index is 0.0371. The van der Waals surface area contributed by atoms with E-state index in [0.717, 1.165) is 27.1 Å². The molecule has 0 fully saturated rings. The van der Waals surface area contributed by atoms with Crippen molar-refractivity contribution in [2.75, 3.05) is 5.32 Å². The third kappa shape index (κ3) is 2.65. The first kappa shape index (κ1) is 15.1. The zero-order valence-electron chi connectivity index (χ0n) is 14.2. The highest BCUT2D eigenvalue weighted by Gasteiger charge is 2.19. The van der Waals surface area contributed by atoms with Crippen LogP contribution in [0, 0.1) is 6.92 Å². The third-order valence-corrected chi connectivity index (χ3v) is 4.86. The summed E-state index contributed by atoms with van der Waals surface area (Å²) in [6, 6.07) is 6.12. The van der Waals surface area contributed by atoms with Gasteiger partial charge in [-0.3, -0.25) is 0 Å². The van der Waals surface area contributed by atoms with Crippen LogP contribution in [0.2, 0.25) is 0 Å². The smallest absolute Gasteiger partial charge is 0.214 e. The molecular formula is C17H20N6S. The molecule has 0 radical (unpaired) electrons. The predicted molar refractivity (Wildman–Crippen MR) is 96.8 cm³/mol. The molecule has 4 aromatic heterocycles. The van der Waals surface area contributed by atoms with E-state index in [1.54, 1.807) is 11.3 Å². The lowest BCUT2D eigenvalue weighted by Crippen LogP contribution is -2.11. The fourth-order valence-corrected chi connectivity index (χ4v) is 3.36. The number of rotatable bonds is 3. The van der Waals surface area contributed by atoms with Gasteiger partial charge in [0.2, 0.25) is 10.1 Å². The van der Waals surface area contributed by atoms with Crippen molar-refractivity contribution in [2.24, 2.45) is 0 Å². The van der Waals surface area contributed by atoms with Gasteiger partial charge in [0.15, 0.2) is 0 Å². The summed E-state index contributed by atoms with van der Waals surface area (Å²) < 4.78 is 3.95. The average molecular weight is 340 g/mol. The first-order valence-electron chi connectivity index (χ1n) is 7.94. The molecular weight excluding hydrogens is 320 g/mol. The van der Waals surface area contributed by atoms with Crippen molar-refractivity contribution in [1.29, 1.82) is 0 Å². The van der Waals surface area contributed by atoms with Crippen molar-refractivity contribution in [2.45, 2.75) is 39.7 Å². The number of aromatic nitrogens is 5. The van der Waals surface area contributed by atoms with Gasteiger partial charge in [-0.05, 0) is 19.1 Å². The number of nitrogens with zero attached hydrogens (tertiary/aromatic N) is 5. The normalized spacial score (nSPS) is 12.3. The molecule has 7 heteroatoms. The molecule has 4 heterocycles. The second kappa shape index (κ2) is 5.31. The minimum Gasteiger partial charge on any atom is -0.354 e. The fraction of sp³-hybridized carbons (Fsp3) is 0.353. The first-order valence-corrected chi connectivity index (χ1v) is 8.76. The Morgan fingerprint density at radius 2 is 2.00 bits per heavy atom. The van der Waals surface area contributed by atoms with E-state index in [0.29, 0.717) is 6.54 Å². The molecule has 0 unspecified atom stereocenters. The number of imidazole rings is 2. The largest absolute Gasteiger partial charge is 0.354 e. The molecule has 0 spiro atoms. The van der Waals surface area contributed by atoms with E-state index in [9.17, 15) is 0 Å². The highest BCUT2D eigenvalue weighted by atomic mass is 32.1. The van der Waals surface area contributed by atoms with E-state index in [2.05, 4.69) is 64.7 Å². The molecule has 0 saturated carbocycles. The van der Waals surface area contributed by atoms with Gasteiger partial charge in [-0.15, -0.1) is 5.10 Å². The molecule has 1 N–H and O–H groups in total. The molecule has 4 aromatic rings.